The van der Waals surface area contributed by atoms with Crippen LogP contribution in [0.2, 0.25) is 0 Å². The summed E-state index contributed by atoms with van der Waals surface area (Å²) in [5.41, 5.74) is 1.54. The summed E-state index contributed by atoms with van der Waals surface area (Å²) in [6.07, 6.45) is 4.65. The summed E-state index contributed by atoms with van der Waals surface area (Å²) in [6, 6.07) is 6.16. The Morgan fingerprint density at radius 1 is 1.41 bits per heavy atom. The zero-order valence-corrected chi connectivity index (χ0v) is 15.9. The molecule has 2 rings (SSSR count). The van der Waals surface area contributed by atoms with Crippen molar-refractivity contribution in [2.24, 2.45) is 0 Å². The third-order valence-electron chi connectivity index (χ3n) is 4.85. The zero-order valence-electron chi connectivity index (χ0n) is 15.9. The third kappa shape index (κ3) is 5.91. The van der Waals surface area contributed by atoms with Gasteiger partial charge in [0, 0.05) is 38.4 Å². The van der Waals surface area contributed by atoms with Crippen LogP contribution in [0.15, 0.2) is 36.0 Å². The van der Waals surface area contributed by atoms with Gasteiger partial charge >= 0.3 is 0 Å². The number of allylic oxidation sites excluding steroid dienone is 1. The van der Waals surface area contributed by atoms with Gasteiger partial charge in [-0.15, -0.1) is 0 Å². The van der Waals surface area contributed by atoms with Crippen molar-refractivity contribution in [3.63, 3.8) is 0 Å². The molecule has 7 heteroatoms. The molecule has 6 nitrogen and oxygen atoms in total. The highest BCUT2D eigenvalue weighted by Gasteiger charge is 2.28. The average molecular weight is 374 g/mol. The maximum Gasteiger partial charge on any atom is 0.271 e. The second-order valence-corrected chi connectivity index (χ2v) is 6.76. The first kappa shape index (κ1) is 20.6. The molecule has 1 atom stereocenters. The summed E-state index contributed by atoms with van der Waals surface area (Å²) in [7, 11) is 1.73. The first-order valence-corrected chi connectivity index (χ1v) is 9.14. The molecular formula is C20H27FN4O2. The Hall–Kier alpha value is -2.70. The fraction of sp³-hybridized carbons (Fsp3) is 0.450. The van der Waals surface area contributed by atoms with E-state index in [2.05, 4.69) is 5.32 Å². The molecular weight excluding hydrogens is 347 g/mol. The Morgan fingerprint density at radius 3 is 2.74 bits per heavy atom. The van der Waals surface area contributed by atoms with Crippen molar-refractivity contribution < 1.29 is 14.0 Å². The lowest BCUT2D eigenvalue weighted by Crippen LogP contribution is -2.45. The molecule has 0 bridgehead atoms. The van der Waals surface area contributed by atoms with E-state index in [1.165, 1.54) is 18.2 Å². The highest BCUT2D eigenvalue weighted by atomic mass is 19.1. The fourth-order valence-corrected chi connectivity index (χ4v) is 3.16. The van der Waals surface area contributed by atoms with E-state index in [-0.39, 0.29) is 23.5 Å². The monoisotopic (exact) mass is 374 g/mol. The molecule has 146 valence electrons. The molecule has 2 N–H and O–H groups in total. The number of hydrogen-bond acceptors (Lipinski definition) is 4. The summed E-state index contributed by atoms with van der Waals surface area (Å²) < 4.78 is 13.1. The van der Waals surface area contributed by atoms with E-state index >= 15 is 0 Å². The normalized spacial score (nSPS) is 16.9. The number of hydrogen-bond donors (Lipinski definition) is 2. The summed E-state index contributed by atoms with van der Waals surface area (Å²) in [6.45, 7) is 3.29. The standard InChI is InChI=1S/C20H27FN4O2/c1-15(23-2)12-19(22)20(27)24(13-18-4-3-10-25(18)14-26)11-9-16-5-7-17(21)8-6-16/h5-8,12,14,18,22-23H,3-4,9-11,13H2,1-2H3/b15-12-,22-19?. The molecule has 1 aliphatic rings. The molecule has 1 aliphatic heterocycles. The van der Waals surface area contributed by atoms with E-state index in [4.69, 9.17) is 5.41 Å². The molecule has 1 aromatic carbocycles. The van der Waals surface area contributed by atoms with Crippen LogP contribution in [0.1, 0.15) is 25.3 Å². The summed E-state index contributed by atoms with van der Waals surface area (Å²) in [4.78, 5) is 27.4. The van der Waals surface area contributed by atoms with E-state index in [0.717, 1.165) is 30.5 Å². The summed E-state index contributed by atoms with van der Waals surface area (Å²) in [5.74, 6) is -0.668. The number of likely N-dealkylation sites (tertiary alicyclic amines) is 1. The predicted octanol–water partition coefficient (Wildman–Crippen LogP) is 1.96. The Labute approximate surface area is 159 Å². The van der Waals surface area contributed by atoms with Gasteiger partial charge in [0.15, 0.2) is 0 Å². The van der Waals surface area contributed by atoms with Gasteiger partial charge in [-0.1, -0.05) is 12.1 Å². The van der Waals surface area contributed by atoms with Crippen LogP contribution < -0.4 is 5.32 Å². The first-order valence-electron chi connectivity index (χ1n) is 9.14. The average Bonchev–Trinajstić information content (AvgIpc) is 3.12. The van der Waals surface area contributed by atoms with Gasteiger partial charge < -0.3 is 15.1 Å². The molecule has 1 unspecified atom stereocenters. The van der Waals surface area contributed by atoms with E-state index in [1.54, 1.807) is 35.9 Å². The Morgan fingerprint density at radius 2 is 2.11 bits per heavy atom. The van der Waals surface area contributed by atoms with Gasteiger partial charge in [0.25, 0.3) is 5.91 Å². The molecule has 1 heterocycles. The van der Waals surface area contributed by atoms with E-state index in [0.29, 0.717) is 26.1 Å². The largest absolute Gasteiger partial charge is 0.392 e. The van der Waals surface area contributed by atoms with Crippen LogP contribution in [0.25, 0.3) is 0 Å². The Bertz CT molecular complexity index is 702. The minimum atomic E-state index is -0.371. The SMILES string of the molecule is CN/C(C)=C\C(=N)C(=O)N(CCc1ccc(F)cc1)CC1CCCN1C=O. The van der Waals surface area contributed by atoms with Gasteiger partial charge in [-0.2, -0.15) is 0 Å². The molecule has 0 aromatic heterocycles. The van der Waals surface area contributed by atoms with Gasteiger partial charge in [-0.3, -0.25) is 15.0 Å². The van der Waals surface area contributed by atoms with Gasteiger partial charge in [0.05, 0.1) is 0 Å². The second-order valence-electron chi connectivity index (χ2n) is 6.76. The van der Waals surface area contributed by atoms with Gasteiger partial charge in [-0.25, -0.2) is 4.39 Å². The van der Waals surface area contributed by atoms with Crippen LogP contribution in [0.5, 0.6) is 0 Å². The van der Waals surface area contributed by atoms with Gasteiger partial charge in [0.2, 0.25) is 6.41 Å². The molecule has 0 saturated carbocycles. The van der Waals surface area contributed by atoms with Crippen molar-refractivity contribution in [2.45, 2.75) is 32.2 Å². The van der Waals surface area contributed by atoms with E-state index in [1.807, 2.05) is 0 Å². The van der Waals surface area contributed by atoms with E-state index in [9.17, 15) is 14.0 Å². The molecule has 27 heavy (non-hydrogen) atoms. The molecule has 1 saturated heterocycles. The van der Waals surface area contributed by atoms with Crippen LogP contribution >= 0.6 is 0 Å². The predicted molar refractivity (Wildman–Crippen MR) is 103 cm³/mol. The Balaban J connectivity index is 2.11. The minimum Gasteiger partial charge on any atom is -0.392 e. The topological polar surface area (TPSA) is 76.5 Å². The van der Waals surface area contributed by atoms with Crippen LogP contribution in [0.4, 0.5) is 4.39 Å². The zero-order chi connectivity index (χ0) is 19.8. The molecule has 2 amide bonds. The first-order chi connectivity index (χ1) is 12.9. The molecule has 1 fully saturated rings. The second kappa shape index (κ2) is 9.85. The van der Waals surface area contributed by atoms with Crippen LogP contribution in [0.3, 0.4) is 0 Å². The van der Waals surface area contributed by atoms with Crippen molar-refractivity contribution in [3.8, 4) is 0 Å². The van der Waals surface area contributed by atoms with Crippen molar-refractivity contribution >= 4 is 18.0 Å². The van der Waals surface area contributed by atoms with Crippen molar-refractivity contribution in [1.82, 2.24) is 15.1 Å². The van der Waals surface area contributed by atoms with Gasteiger partial charge in [-0.05, 0) is 50.0 Å². The maximum absolute atomic E-state index is 13.1. The summed E-state index contributed by atoms with van der Waals surface area (Å²) >= 11 is 0. The lowest BCUT2D eigenvalue weighted by Gasteiger charge is -2.29. The van der Waals surface area contributed by atoms with Crippen molar-refractivity contribution in [2.75, 3.05) is 26.7 Å². The molecule has 1 aromatic rings. The quantitative estimate of drug-likeness (QED) is 0.512. The van der Waals surface area contributed by atoms with E-state index < -0.39 is 0 Å². The molecule has 0 radical (unpaired) electrons. The van der Waals surface area contributed by atoms with Crippen molar-refractivity contribution in [1.29, 1.82) is 5.41 Å². The smallest absolute Gasteiger partial charge is 0.271 e. The highest BCUT2D eigenvalue weighted by Crippen LogP contribution is 2.17. The van der Waals surface area contributed by atoms with Crippen LogP contribution in [-0.4, -0.2) is 60.6 Å². The van der Waals surface area contributed by atoms with Gasteiger partial charge in [0.1, 0.15) is 11.5 Å². The minimum absolute atomic E-state index is 0.0261. The lowest BCUT2D eigenvalue weighted by atomic mass is 10.1. The van der Waals surface area contributed by atoms with Crippen LogP contribution in [-0.2, 0) is 16.0 Å². The molecule has 0 aliphatic carbocycles. The number of amides is 2. The Kier molecular flexibility index (Phi) is 7.52. The lowest BCUT2D eigenvalue weighted by molar-refractivity contribution is -0.126. The number of benzene rings is 1. The third-order valence-corrected chi connectivity index (χ3v) is 4.85. The van der Waals surface area contributed by atoms with Crippen LogP contribution in [0, 0.1) is 11.2 Å². The molecule has 0 spiro atoms. The van der Waals surface area contributed by atoms with Crippen molar-refractivity contribution in [3.05, 3.63) is 47.4 Å². The summed E-state index contributed by atoms with van der Waals surface area (Å²) in [5, 5.41) is 11.0. The fourth-order valence-electron chi connectivity index (χ4n) is 3.16. The number of halogens is 1. The number of carbonyl (C=O) groups excluding carboxylic acids is 2. The number of rotatable bonds is 9. The number of carbonyl (C=O) groups is 2. The number of nitrogens with zero attached hydrogens (tertiary/aromatic N) is 2. The highest BCUT2D eigenvalue weighted by molar-refractivity contribution is 6.42. The maximum atomic E-state index is 13.1. The number of nitrogens with one attached hydrogen (secondary N) is 2.